The van der Waals surface area contributed by atoms with Crippen molar-refractivity contribution >= 4 is 34.8 Å². The Morgan fingerprint density at radius 1 is 1.02 bits per heavy atom. The number of hydrogen-bond acceptors (Lipinski definition) is 10. The summed E-state index contributed by atoms with van der Waals surface area (Å²) in [5.41, 5.74) is 15.8. The number of aryl methyl sites for hydroxylation is 4. The summed E-state index contributed by atoms with van der Waals surface area (Å²) >= 11 is 0. The van der Waals surface area contributed by atoms with Crippen LogP contribution in [-0.2, 0) is 47.2 Å². The summed E-state index contributed by atoms with van der Waals surface area (Å²) in [5.74, 6) is 2.52. The van der Waals surface area contributed by atoms with E-state index in [1.54, 1.807) is 29.1 Å². The second kappa shape index (κ2) is 16.4. The minimum Gasteiger partial charge on any atom is -0.508 e. The minimum atomic E-state index is -1.29. The van der Waals surface area contributed by atoms with Gasteiger partial charge in [-0.1, -0.05) is 23.4 Å². The first kappa shape index (κ1) is 39.9. The van der Waals surface area contributed by atoms with Gasteiger partial charge in [-0.05, 0) is 129 Å². The van der Waals surface area contributed by atoms with E-state index in [9.17, 15) is 19.5 Å². The van der Waals surface area contributed by atoms with Gasteiger partial charge in [-0.15, -0.1) is 0 Å². The standard InChI is InChI=1S/C44H55N9O6/c1-25-13-31(54)14-26(2)33(25)19-34(48-40(56)37(58-43(46)57)9-6-11-53-12-10-47-42(53)45)39(55)49-35(18-30-24-52(3)36-8-5-4-7-32(30)36)41-50-38(51-59-41)23-44-20-27-15-28(21-44)17-29(16-27)22-44/h4-5,7-8,10,12-14,24,27-29,34-35,37,54H,6,9,11,15-23H2,1-3H3,(H2,45,47)(H2,46,57)(H,48,56)(H,49,55)/t27?,28?,29?,34-,35-,37+,44?/m0/s1. The molecule has 312 valence electrons. The van der Waals surface area contributed by atoms with E-state index in [4.69, 9.17) is 25.7 Å². The van der Waals surface area contributed by atoms with Crippen LogP contribution in [-0.4, -0.2) is 59.4 Å². The molecule has 0 unspecified atom stereocenters. The van der Waals surface area contributed by atoms with Gasteiger partial charge in [0.05, 0.1) is 0 Å². The Bertz CT molecular complexity index is 2290. The Balaban J connectivity index is 1.08. The summed E-state index contributed by atoms with van der Waals surface area (Å²) in [5, 5.41) is 21.9. The summed E-state index contributed by atoms with van der Waals surface area (Å²) in [6.45, 7) is 4.10. The number of primary amides is 1. The number of amides is 3. The van der Waals surface area contributed by atoms with Gasteiger partial charge in [0.2, 0.25) is 11.8 Å². The van der Waals surface area contributed by atoms with Crippen LogP contribution in [0.25, 0.3) is 10.9 Å². The lowest BCUT2D eigenvalue weighted by Gasteiger charge is -2.56. The zero-order valence-electron chi connectivity index (χ0n) is 34.0. The van der Waals surface area contributed by atoms with E-state index in [-0.39, 0.29) is 24.0 Å². The van der Waals surface area contributed by atoms with Crippen LogP contribution < -0.4 is 22.1 Å². The molecule has 0 saturated heterocycles. The Morgan fingerprint density at radius 2 is 1.71 bits per heavy atom. The maximum Gasteiger partial charge on any atom is 0.405 e. The number of nitrogen functional groups attached to an aromatic ring is 1. The van der Waals surface area contributed by atoms with Crippen molar-refractivity contribution in [2.45, 2.75) is 109 Å². The van der Waals surface area contributed by atoms with Crippen molar-refractivity contribution in [1.29, 1.82) is 0 Å². The molecule has 0 aliphatic heterocycles. The molecule has 3 atom stereocenters. The first-order valence-electron chi connectivity index (χ1n) is 20.8. The molecule has 4 aliphatic rings. The monoisotopic (exact) mass is 805 g/mol. The molecule has 9 rings (SSSR count). The Morgan fingerprint density at radius 3 is 2.37 bits per heavy atom. The number of phenols is 1. The highest BCUT2D eigenvalue weighted by molar-refractivity contribution is 5.91. The quantitative estimate of drug-likeness (QED) is 0.0844. The molecule has 4 bridgehead atoms. The predicted molar refractivity (Wildman–Crippen MR) is 220 cm³/mol. The summed E-state index contributed by atoms with van der Waals surface area (Å²) in [6, 6.07) is 9.42. The van der Waals surface area contributed by atoms with E-state index in [1.807, 2.05) is 45.3 Å². The number of ether oxygens (including phenoxy) is 1. The average Bonchev–Trinajstić information content (AvgIpc) is 3.89. The third-order valence-electron chi connectivity index (χ3n) is 13.1. The zero-order chi connectivity index (χ0) is 41.4. The fourth-order valence-electron chi connectivity index (χ4n) is 10.9. The molecule has 4 fully saturated rings. The first-order chi connectivity index (χ1) is 28.3. The second-order valence-electron chi connectivity index (χ2n) is 17.6. The van der Waals surface area contributed by atoms with Crippen molar-refractivity contribution in [2.75, 3.05) is 5.73 Å². The number of aromatic nitrogens is 5. The zero-order valence-corrected chi connectivity index (χ0v) is 34.0. The maximum absolute atomic E-state index is 14.7. The lowest BCUT2D eigenvalue weighted by Crippen LogP contribution is -2.52. The summed E-state index contributed by atoms with van der Waals surface area (Å²) < 4.78 is 15.1. The molecule has 7 N–H and O–H groups in total. The van der Waals surface area contributed by atoms with Gasteiger partial charge in [0, 0.05) is 62.3 Å². The number of imidazole rings is 1. The van der Waals surface area contributed by atoms with Gasteiger partial charge in [-0.2, -0.15) is 4.98 Å². The third-order valence-corrected chi connectivity index (χ3v) is 13.1. The molecule has 0 spiro atoms. The molecule has 4 aliphatic carbocycles. The number of aromatic hydroxyl groups is 1. The molecule has 4 saturated carbocycles. The molecule has 2 aromatic carbocycles. The average molecular weight is 806 g/mol. The summed E-state index contributed by atoms with van der Waals surface area (Å²) in [7, 11) is 1.98. The molecule has 3 amide bonds. The van der Waals surface area contributed by atoms with Crippen LogP contribution in [0.15, 0.2) is 59.5 Å². The summed E-state index contributed by atoms with van der Waals surface area (Å²) in [6.07, 6.45) is 12.2. The molecular weight excluding hydrogens is 751 g/mol. The number of nitrogens with two attached hydrogens (primary N) is 2. The Labute approximate surface area is 343 Å². The largest absolute Gasteiger partial charge is 0.508 e. The van der Waals surface area contributed by atoms with Crippen molar-refractivity contribution in [2.24, 2.45) is 36.0 Å². The molecule has 3 aromatic heterocycles. The second-order valence-corrected chi connectivity index (χ2v) is 17.6. The minimum absolute atomic E-state index is 0.0759. The van der Waals surface area contributed by atoms with Crippen molar-refractivity contribution < 1.29 is 28.8 Å². The number of para-hydroxylation sites is 1. The number of nitrogens with zero attached hydrogens (tertiary/aromatic N) is 5. The van der Waals surface area contributed by atoms with Crippen molar-refractivity contribution in [3.63, 3.8) is 0 Å². The number of rotatable bonds is 16. The highest BCUT2D eigenvalue weighted by Gasteiger charge is 2.51. The van der Waals surface area contributed by atoms with E-state index in [1.165, 1.54) is 38.5 Å². The van der Waals surface area contributed by atoms with Gasteiger partial charge in [0.25, 0.3) is 5.91 Å². The topological polar surface area (TPSA) is 218 Å². The number of benzene rings is 2. The van der Waals surface area contributed by atoms with Crippen LogP contribution >= 0.6 is 0 Å². The number of hydrogen-bond donors (Lipinski definition) is 5. The molecule has 15 heteroatoms. The molecule has 15 nitrogen and oxygen atoms in total. The van der Waals surface area contributed by atoms with E-state index < -0.39 is 36.1 Å². The van der Waals surface area contributed by atoms with Crippen molar-refractivity contribution in [1.82, 2.24) is 34.9 Å². The SMILES string of the molecule is Cc1cc(O)cc(C)c1C[C@H](NC(=O)[C@@H](CCCn1ccnc1N)OC(N)=O)C(=O)N[C@@H](Cc1cn(C)c2ccccc12)c1nc(CC23CC4CC(CC(C4)C2)C3)no1. The van der Waals surface area contributed by atoms with E-state index >= 15 is 0 Å². The molecule has 59 heavy (non-hydrogen) atoms. The first-order valence-corrected chi connectivity index (χ1v) is 20.8. The normalized spacial score (nSPS) is 22.3. The van der Waals surface area contributed by atoms with Crippen molar-refractivity contribution in [3.05, 3.63) is 89.0 Å². The lowest BCUT2D eigenvalue weighted by atomic mass is 9.49. The van der Waals surface area contributed by atoms with Gasteiger partial charge in [0.15, 0.2) is 17.9 Å². The predicted octanol–water partition coefficient (Wildman–Crippen LogP) is 5.49. The molecule has 0 radical (unpaired) electrons. The van der Waals surface area contributed by atoms with Crippen LogP contribution in [0.5, 0.6) is 5.75 Å². The van der Waals surface area contributed by atoms with Crippen LogP contribution in [0.1, 0.15) is 91.4 Å². The van der Waals surface area contributed by atoms with Gasteiger partial charge >= 0.3 is 6.09 Å². The van der Waals surface area contributed by atoms with E-state index in [0.717, 1.165) is 57.3 Å². The van der Waals surface area contributed by atoms with Crippen molar-refractivity contribution in [3.8, 4) is 5.75 Å². The summed E-state index contributed by atoms with van der Waals surface area (Å²) in [4.78, 5) is 49.8. The van der Waals surface area contributed by atoms with Crippen LogP contribution in [0.4, 0.5) is 10.7 Å². The molecular formula is C44H55N9O6. The molecule has 3 heterocycles. The molecule has 5 aromatic rings. The Kier molecular flexibility index (Phi) is 11.1. The van der Waals surface area contributed by atoms with Gasteiger partial charge < -0.3 is 45.6 Å². The van der Waals surface area contributed by atoms with Crippen LogP contribution in [0, 0.1) is 37.0 Å². The fourth-order valence-corrected chi connectivity index (χ4v) is 10.9. The number of anilines is 1. The van der Waals surface area contributed by atoms with Gasteiger partial charge in [-0.25, -0.2) is 9.78 Å². The highest BCUT2D eigenvalue weighted by atomic mass is 16.6. The number of fused-ring (bicyclic) bond motifs is 1. The fraction of sp³-hybridized carbons (Fsp3) is 0.500. The van der Waals surface area contributed by atoms with E-state index in [0.29, 0.717) is 37.0 Å². The number of phenolic OH excluding ortho intramolecular Hbond substituents is 1. The maximum atomic E-state index is 14.7. The smallest absolute Gasteiger partial charge is 0.405 e. The number of carbonyl (C=O) groups excluding carboxylic acids is 3. The lowest BCUT2D eigenvalue weighted by molar-refractivity contribution is -0.134. The van der Waals surface area contributed by atoms with Gasteiger partial charge in [0.1, 0.15) is 17.8 Å². The Hall–Kier alpha value is -5.86. The van der Waals surface area contributed by atoms with E-state index in [2.05, 4.69) is 31.4 Å². The number of carbonyl (C=O) groups is 3. The van der Waals surface area contributed by atoms with Gasteiger partial charge in [-0.3, -0.25) is 9.59 Å². The van der Waals surface area contributed by atoms with Crippen LogP contribution in [0.3, 0.4) is 0 Å². The highest BCUT2D eigenvalue weighted by Crippen LogP contribution is 2.61. The third kappa shape index (κ3) is 8.79. The van der Waals surface area contributed by atoms with Crippen LogP contribution in [0.2, 0.25) is 0 Å². The number of nitrogens with one attached hydrogen (secondary N) is 2.